The molecule has 1 aromatic rings. The van der Waals surface area contributed by atoms with Gasteiger partial charge in [0.15, 0.2) is 0 Å². The van der Waals surface area contributed by atoms with Crippen LogP contribution in [0.3, 0.4) is 0 Å². The summed E-state index contributed by atoms with van der Waals surface area (Å²) >= 11 is 0. The van der Waals surface area contributed by atoms with Gasteiger partial charge in [-0.25, -0.2) is 0 Å². The fourth-order valence-corrected chi connectivity index (χ4v) is 2.21. The third-order valence-corrected chi connectivity index (χ3v) is 3.40. The lowest BCUT2D eigenvalue weighted by molar-refractivity contribution is -0.0367. The minimum absolute atomic E-state index is 0.0200. The highest BCUT2D eigenvalue weighted by Gasteiger charge is 2.33. The van der Waals surface area contributed by atoms with Crippen LogP contribution >= 0.6 is 0 Å². The van der Waals surface area contributed by atoms with Crippen LogP contribution in [0.5, 0.6) is 0 Å². The van der Waals surface area contributed by atoms with Gasteiger partial charge in [0.1, 0.15) is 5.76 Å². The van der Waals surface area contributed by atoms with Crippen LogP contribution in [-0.4, -0.2) is 25.8 Å². The highest BCUT2D eigenvalue weighted by atomic mass is 16.5. The fraction of sp³-hybridized carbons (Fsp3) is 0.667. The Kier molecular flexibility index (Phi) is 3.12. The van der Waals surface area contributed by atoms with E-state index >= 15 is 0 Å². The zero-order valence-electron chi connectivity index (χ0n) is 9.51. The van der Waals surface area contributed by atoms with E-state index in [0.29, 0.717) is 0 Å². The molecule has 0 bridgehead atoms. The lowest BCUT2D eigenvalue weighted by Gasteiger charge is -2.36. The second-order valence-electron chi connectivity index (χ2n) is 4.34. The summed E-state index contributed by atoms with van der Waals surface area (Å²) in [6.07, 6.45) is 4.77. The van der Waals surface area contributed by atoms with Crippen molar-refractivity contribution in [3.63, 3.8) is 0 Å². The monoisotopic (exact) mass is 209 g/mol. The van der Waals surface area contributed by atoms with Gasteiger partial charge in [0, 0.05) is 13.5 Å². The molecule has 0 radical (unpaired) electrons. The molecular weight excluding hydrogens is 190 g/mol. The first-order valence-corrected chi connectivity index (χ1v) is 5.55. The number of methoxy groups -OCH3 is 1. The third-order valence-electron chi connectivity index (χ3n) is 3.40. The van der Waals surface area contributed by atoms with E-state index in [1.54, 1.807) is 6.26 Å². The number of aryl methyl sites for hydroxylation is 1. The van der Waals surface area contributed by atoms with Gasteiger partial charge in [-0.2, -0.15) is 0 Å². The second-order valence-corrected chi connectivity index (χ2v) is 4.34. The average Bonchev–Trinajstić information content (AvgIpc) is 2.66. The maximum atomic E-state index is 5.71. The Bertz CT molecular complexity index is 313. The molecule has 0 aliphatic carbocycles. The van der Waals surface area contributed by atoms with Gasteiger partial charge in [-0.3, -0.25) is 0 Å². The molecule has 0 unspecified atom stereocenters. The van der Waals surface area contributed by atoms with Crippen LogP contribution in [0, 0.1) is 6.92 Å². The predicted octanol–water partition coefficient (Wildman–Crippen LogP) is 1.90. The Hall–Kier alpha value is -0.800. The molecule has 1 saturated heterocycles. The normalized spacial score (nSPS) is 20.4. The molecule has 15 heavy (non-hydrogen) atoms. The van der Waals surface area contributed by atoms with Crippen molar-refractivity contribution in [3.8, 4) is 0 Å². The van der Waals surface area contributed by atoms with E-state index in [9.17, 15) is 0 Å². The molecule has 0 aromatic carbocycles. The third kappa shape index (κ3) is 2.24. The van der Waals surface area contributed by atoms with Gasteiger partial charge in [0.25, 0.3) is 0 Å². The number of piperidine rings is 1. The second kappa shape index (κ2) is 4.37. The zero-order valence-corrected chi connectivity index (χ0v) is 9.51. The molecule has 3 heteroatoms. The van der Waals surface area contributed by atoms with Crippen LogP contribution in [0.1, 0.15) is 24.2 Å². The molecular formula is C12H19NO2. The number of rotatable bonds is 3. The van der Waals surface area contributed by atoms with Crippen molar-refractivity contribution in [2.24, 2.45) is 0 Å². The van der Waals surface area contributed by atoms with Gasteiger partial charge < -0.3 is 14.5 Å². The standard InChI is InChI=1S/C12H19NO2/c1-10-3-8-15-11(10)9-12(14-2)4-6-13-7-5-12/h3,8,13H,4-7,9H2,1-2H3. The first-order valence-electron chi connectivity index (χ1n) is 5.55. The summed E-state index contributed by atoms with van der Waals surface area (Å²) in [4.78, 5) is 0. The van der Waals surface area contributed by atoms with Crippen LogP contribution in [0.25, 0.3) is 0 Å². The van der Waals surface area contributed by atoms with E-state index in [1.807, 2.05) is 13.2 Å². The van der Waals surface area contributed by atoms with Gasteiger partial charge in [0.05, 0.1) is 11.9 Å². The Balaban J connectivity index is 2.10. The van der Waals surface area contributed by atoms with Crippen molar-refractivity contribution in [3.05, 3.63) is 23.7 Å². The predicted molar refractivity (Wildman–Crippen MR) is 59.0 cm³/mol. The molecule has 1 fully saturated rings. The van der Waals surface area contributed by atoms with Crippen LogP contribution in [0.15, 0.2) is 16.7 Å². The molecule has 1 aliphatic heterocycles. The molecule has 1 N–H and O–H groups in total. The molecule has 1 aromatic heterocycles. The molecule has 0 amide bonds. The number of hydrogen-bond donors (Lipinski definition) is 1. The summed E-state index contributed by atoms with van der Waals surface area (Å²) < 4.78 is 11.2. The summed E-state index contributed by atoms with van der Waals surface area (Å²) in [6, 6.07) is 2.01. The van der Waals surface area contributed by atoms with Gasteiger partial charge in [-0.1, -0.05) is 0 Å². The topological polar surface area (TPSA) is 34.4 Å². The maximum absolute atomic E-state index is 5.71. The van der Waals surface area contributed by atoms with Crippen LogP contribution in [-0.2, 0) is 11.2 Å². The number of ether oxygens (including phenoxy) is 1. The van der Waals surface area contributed by atoms with Gasteiger partial charge in [-0.15, -0.1) is 0 Å². The molecule has 3 nitrogen and oxygen atoms in total. The molecule has 2 heterocycles. The molecule has 1 aliphatic rings. The van der Waals surface area contributed by atoms with Crippen molar-refractivity contribution in [2.45, 2.75) is 31.8 Å². The van der Waals surface area contributed by atoms with Crippen molar-refractivity contribution in [2.75, 3.05) is 20.2 Å². The largest absolute Gasteiger partial charge is 0.469 e. The first kappa shape index (κ1) is 10.7. The van der Waals surface area contributed by atoms with Gasteiger partial charge in [-0.05, 0) is 44.5 Å². The van der Waals surface area contributed by atoms with Gasteiger partial charge >= 0.3 is 0 Å². The SMILES string of the molecule is COC1(Cc2occc2C)CCNCC1. The van der Waals surface area contributed by atoms with E-state index in [0.717, 1.165) is 38.1 Å². The van der Waals surface area contributed by atoms with E-state index in [2.05, 4.69) is 12.2 Å². The van der Waals surface area contributed by atoms with E-state index in [1.165, 1.54) is 5.56 Å². The number of furan rings is 1. The number of nitrogens with one attached hydrogen (secondary N) is 1. The summed E-state index contributed by atoms with van der Waals surface area (Å²) in [5.74, 6) is 1.07. The summed E-state index contributed by atoms with van der Waals surface area (Å²) in [5, 5.41) is 3.36. The van der Waals surface area contributed by atoms with Crippen molar-refractivity contribution < 1.29 is 9.15 Å². The van der Waals surface area contributed by atoms with Crippen molar-refractivity contribution in [1.82, 2.24) is 5.32 Å². The Morgan fingerprint density at radius 2 is 2.20 bits per heavy atom. The Morgan fingerprint density at radius 1 is 1.47 bits per heavy atom. The van der Waals surface area contributed by atoms with Gasteiger partial charge in [0.2, 0.25) is 0 Å². The summed E-state index contributed by atoms with van der Waals surface area (Å²) in [6.45, 7) is 4.16. The maximum Gasteiger partial charge on any atom is 0.109 e. The first-order chi connectivity index (χ1) is 7.26. The molecule has 0 saturated carbocycles. The summed E-state index contributed by atoms with van der Waals surface area (Å²) in [5.41, 5.74) is 1.21. The van der Waals surface area contributed by atoms with E-state index in [-0.39, 0.29) is 5.60 Å². The minimum Gasteiger partial charge on any atom is -0.469 e. The average molecular weight is 209 g/mol. The fourth-order valence-electron chi connectivity index (χ4n) is 2.21. The number of hydrogen-bond acceptors (Lipinski definition) is 3. The minimum atomic E-state index is -0.0200. The molecule has 0 spiro atoms. The molecule has 2 rings (SSSR count). The summed E-state index contributed by atoms with van der Waals surface area (Å²) in [7, 11) is 1.81. The van der Waals surface area contributed by atoms with E-state index in [4.69, 9.17) is 9.15 Å². The highest BCUT2D eigenvalue weighted by molar-refractivity contribution is 5.17. The Labute approximate surface area is 90.8 Å². The molecule has 0 atom stereocenters. The zero-order chi connectivity index (χ0) is 10.7. The van der Waals surface area contributed by atoms with Crippen LogP contribution in [0.2, 0.25) is 0 Å². The van der Waals surface area contributed by atoms with Crippen LogP contribution < -0.4 is 5.32 Å². The van der Waals surface area contributed by atoms with Crippen LogP contribution in [0.4, 0.5) is 0 Å². The Morgan fingerprint density at radius 3 is 2.73 bits per heavy atom. The lowest BCUT2D eigenvalue weighted by Crippen LogP contribution is -2.45. The highest BCUT2D eigenvalue weighted by Crippen LogP contribution is 2.28. The van der Waals surface area contributed by atoms with E-state index < -0.39 is 0 Å². The van der Waals surface area contributed by atoms with Crippen molar-refractivity contribution in [1.29, 1.82) is 0 Å². The molecule has 84 valence electrons. The quantitative estimate of drug-likeness (QED) is 0.825. The lowest BCUT2D eigenvalue weighted by atomic mass is 9.87. The van der Waals surface area contributed by atoms with Crippen molar-refractivity contribution >= 4 is 0 Å². The smallest absolute Gasteiger partial charge is 0.109 e.